The number of methoxy groups -OCH3 is 1. The van der Waals surface area contributed by atoms with Crippen LogP contribution in [-0.4, -0.2) is 40.7 Å². The Morgan fingerprint density at radius 2 is 2.05 bits per heavy atom. The second-order valence-corrected chi connectivity index (χ2v) is 6.80. The van der Waals surface area contributed by atoms with Crippen molar-refractivity contribution in [3.63, 3.8) is 0 Å². The van der Waals surface area contributed by atoms with Crippen LogP contribution in [0.4, 0.5) is 0 Å². The van der Waals surface area contributed by atoms with Crippen LogP contribution in [0.1, 0.15) is 50.0 Å². The molecule has 2 aliphatic rings. The van der Waals surface area contributed by atoms with Crippen molar-refractivity contribution in [1.29, 1.82) is 0 Å². The lowest BCUT2D eigenvalue weighted by Crippen LogP contribution is -2.42. The smallest absolute Gasteiger partial charge is 0.134 e. The van der Waals surface area contributed by atoms with Crippen LogP contribution in [0.15, 0.2) is 6.20 Å². The standard InChI is InChI=1S/C17H29N3O/c1-14-10-18-17(13-21-2)20(14)12-15-6-5-9-19(11-15)16-7-3-4-8-16/h10,15-16H,3-9,11-13H2,1-2H3. The first-order valence-corrected chi connectivity index (χ1v) is 8.52. The second-order valence-electron chi connectivity index (χ2n) is 6.80. The predicted octanol–water partition coefficient (Wildman–Crippen LogP) is 2.99. The summed E-state index contributed by atoms with van der Waals surface area (Å²) >= 11 is 0. The highest BCUT2D eigenvalue weighted by Crippen LogP contribution is 2.28. The van der Waals surface area contributed by atoms with Gasteiger partial charge in [-0.05, 0) is 45.1 Å². The van der Waals surface area contributed by atoms with E-state index in [1.807, 2.05) is 6.20 Å². The molecular formula is C17H29N3O. The van der Waals surface area contributed by atoms with Gasteiger partial charge in [0, 0.05) is 38.1 Å². The molecule has 0 spiro atoms. The molecule has 1 aromatic heterocycles. The number of piperidine rings is 1. The number of hydrogen-bond acceptors (Lipinski definition) is 3. The van der Waals surface area contributed by atoms with E-state index in [2.05, 4.69) is 21.4 Å². The van der Waals surface area contributed by atoms with E-state index in [4.69, 9.17) is 4.74 Å². The van der Waals surface area contributed by atoms with Crippen molar-refractivity contribution in [1.82, 2.24) is 14.5 Å². The maximum Gasteiger partial charge on any atom is 0.134 e. The summed E-state index contributed by atoms with van der Waals surface area (Å²) in [4.78, 5) is 7.26. The van der Waals surface area contributed by atoms with Crippen LogP contribution in [-0.2, 0) is 17.9 Å². The van der Waals surface area contributed by atoms with Crippen molar-refractivity contribution < 1.29 is 4.74 Å². The molecule has 0 N–H and O–H groups in total. The molecule has 1 saturated carbocycles. The van der Waals surface area contributed by atoms with Crippen molar-refractivity contribution in [2.24, 2.45) is 5.92 Å². The largest absolute Gasteiger partial charge is 0.377 e. The van der Waals surface area contributed by atoms with Crippen LogP contribution >= 0.6 is 0 Å². The fraction of sp³-hybridized carbons (Fsp3) is 0.824. The molecule has 118 valence electrons. The Kier molecular flexibility index (Phi) is 4.96. The molecule has 0 bridgehead atoms. The van der Waals surface area contributed by atoms with Gasteiger partial charge in [0.1, 0.15) is 12.4 Å². The van der Waals surface area contributed by atoms with E-state index < -0.39 is 0 Å². The minimum Gasteiger partial charge on any atom is -0.377 e. The summed E-state index contributed by atoms with van der Waals surface area (Å²) in [6.07, 6.45) is 10.4. The zero-order valence-electron chi connectivity index (χ0n) is 13.6. The van der Waals surface area contributed by atoms with Gasteiger partial charge >= 0.3 is 0 Å². The van der Waals surface area contributed by atoms with Crippen LogP contribution in [0.2, 0.25) is 0 Å². The van der Waals surface area contributed by atoms with Crippen LogP contribution in [0.5, 0.6) is 0 Å². The van der Waals surface area contributed by atoms with Gasteiger partial charge in [-0.1, -0.05) is 12.8 Å². The average Bonchev–Trinajstić information content (AvgIpc) is 3.13. The van der Waals surface area contributed by atoms with E-state index in [0.29, 0.717) is 6.61 Å². The first kappa shape index (κ1) is 15.0. The molecule has 0 aromatic carbocycles. The van der Waals surface area contributed by atoms with E-state index >= 15 is 0 Å². The molecule has 2 heterocycles. The van der Waals surface area contributed by atoms with Gasteiger partial charge in [0.25, 0.3) is 0 Å². The first-order chi connectivity index (χ1) is 10.3. The molecule has 1 unspecified atom stereocenters. The number of rotatable bonds is 5. The summed E-state index contributed by atoms with van der Waals surface area (Å²) in [5, 5.41) is 0. The highest BCUT2D eigenvalue weighted by Gasteiger charge is 2.28. The SMILES string of the molecule is COCc1ncc(C)n1CC1CCCN(C2CCCC2)C1. The summed E-state index contributed by atoms with van der Waals surface area (Å²) in [6, 6.07) is 0.870. The Morgan fingerprint density at radius 3 is 2.81 bits per heavy atom. The van der Waals surface area contributed by atoms with Gasteiger partial charge in [0.2, 0.25) is 0 Å². The molecule has 1 atom stereocenters. The van der Waals surface area contributed by atoms with Crippen molar-refractivity contribution in [3.8, 4) is 0 Å². The average molecular weight is 291 g/mol. The van der Waals surface area contributed by atoms with E-state index in [9.17, 15) is 0 Å². The lowest BCUT2D eigenvalue weighted by atomic mass is 9.96. The summed E-state index contributed by atoms with van der Waals surface area (Å²) in [5.41, 5.74) is 1.26. The number of likely N-dealkylation sites (tertiary alicyclic amines) is 1. The van der Waals surface area contributed by atoms with E-state index in [0.717, 1.165) is 24.3 Å². The molecule has 1 aromatic rings. The van der Waals surface area contributed by atoms with Gasteiger partial charge in [-0.2, -0.15) is 0 Å². The van der Waals surface area contributed by atoms with Crippen LogP contribution in [0.25, 0.3) is 0 Å². The van der Waals surface area contributed by atoms with Gasteiger partial charge in [0.05, 0.1) is 0 Å². The van der Waals surface area contributed by atoms with Gasteiger partial charge in [0.15, 0.2) is 0 Å². The summed E-state index contributed by atoms with van der Waals surface area (Å²) in [6.45, 7) is 6.47. The van der Waals surface area contributed by atoms with Crippen molar-refractivity contribution >= 4 is 0 Å². The Hall–Kier alpha value is -0.870. The fourth-order valence-electron chi connectivity index (χ4n) is 4.11. The zero-order valence-corrected chi connectivity index (χ0v) is 13.6. The Labute approximate surface area is 128 Å². The number of aryl methyl sites for hydroxylation is 1. The summed E-state index contributed by atoms with van der Waals surface area (Å²) in [5.74, 6) is 1.84. The quantitative estimate of drug-likeness (QED) is 0.835. The van der Waals surface area contributed by atoms with Gasteiger partial charge in [-0.3, -0.25) is 0 Å². The zero-order chi connectivity index (χ0) is 14.7. The van der Waals surface area contributed by atoms with Crippen LogP contribution in [0, 0.1) is 12.8 Å². The number of aromatic nitrogens is 2. The molecule has 4 nitrogen and oxygen atoms in total. The molecule has 2 fully saturated rings. The van der Waals surface area contributed by atoms with E-state index in [1.165, 1.54) is 57.3 Å². The Morgan fingerprint density at radius 1 is 1.24 bits per heavy atom. The highest BCUT2D eigenvalue weighted by molar-refractivity contribution is 5.03. The lowest BCUT2D eigenvalue weighted by molar-refractivity contribution is 0.114. The minimum absolute atomic E-state index is 0.618. The third-order valence-electron chi connectivity index (χ3n) is 5.24. The fourth-order valence-corrected chi connectivity index (χ4v) is 4.11. The number of ether oxygens (including phenoxy) is 1. The van der Waals surface area contributed by atoms with Gasteiger partial charge in [-0.25, -0.2) is 4.98 Å². The molecule has 3 rings (SSSR count). The van der Waals surface area contributed by atoms with Gasteiger partial charge in [-0.15, -0.1) is 0 Å². The molecule has 1 saturated heterocycles. The lowest BCUT2D eigenvalue weighted by Gasteiger charge is -2.37. The molecule has 1 aliphatic carbocycles. The molecule has 0 amide bonds. The Balaban J connectivity index is 1.63. The molecule has 1 aliphatic heterocycles. The highest BCUT2D eigenvalue weighted by atomic mass is 16.5. The van der Waals surface area contributed by atoms with E-state index in [-0.39, 0.29) is 0 Å². The molecule has 21 heavy (non-hydrogen) atoms. The topological polar surface area (TPSA) is 30.3 Å². The third-order valence-corrected chi connectivity index (χ3v) is 5.24. The second kappa shape index (κ2) is 6.93. The molecular weight excluding hydrogens is 262 g/mol. The monoisotopic (exact) mass is 291 g/mol. The molecule has 0 radical (unpaired) electrons. The Bertz CT molecular complexity index is 451. The van der Waals surface area contributed by atoms with Crippen molar-refractivity contribution in [2.75, 3.05) is 20.2 Å². The normalized spacial score (nSPS) is 24.8. The number of imidazole rings is 1. The van der Waals surface area contributed by atoms with Crippen molar-refractivity contribution in [2.45, 2.75) is 64.6 Å². The minimum atomic E-state index is 0.618. The van der Waals surface area contributed by atoms with Crippen LogP contribution in [0.3, 0.4) is 0 Å². The molecule has 4 heteroatoms. The maximum atomic E-state index is 5.28. The number of hydrogen-bond donors (Lipinski definition) is 0. The van der Waals surface area contributed by atoms with Crippen molar-refractivity contribution in [3.05, 3.63) is 17.7 Å². The maximum absolute atomic E-state index is 5.28. The van der Waals surface area contributed by atoms with E-state index in [1.54, 1.807) is 7.11 Å². The summed E-state index contributed by atoms with van der Waals surface area (Å²) < 4.78 is 7.65. The third kappa shape index (κ3) is 3.49. The number of nitrogens with zero attached hydrogens (tertiary/aromatic N) is 3. The first-order valence-electron chi connectivity index (χ1n) is 8.52. The van der Waals surface area contributed by atoms with Crippen LogP contribution < -0.4 is 0 Å². The predicted molar refractivity (Wildman–Crippen MR) is 84.2 cm³/mol. The van der Waals surface area contributed by atoms with Gasteiger partial charge < -0.3 is 14.2 Å². The summed E-state index contributed by atoms with van der Waals surface area (Å²) in [7, 11) is 1.75.